The Morgan fingerprint density at radius 2 is 1.20 bits per heavy atom. The van der Waals surface area contributed by atoms with Gasteiger partial charge in [0.2, 0.25) is 0 Å². The maximum Gasteiger partial charge on any atom is 0.339 e. The van der Waals surface area contributed by atoms with Gasteiger partial charge < -0.3 is 44.7 Å². The number of rotatable bonds is 20. The topological polar surface area (TPSA) is 266 Å². The van der Waals surface area contributed by atoms with E-state index in [1.165, 1.54) is 17.0 Å². The molecular weight excluding hydrogens is 882 g/mol. The van der Waals surface area contributed by atoms with Gasteiger partial charge in [-0.25, -0.2) is 0 Å². The number of halogens is 2. The molecule has 0 saturated heterocycles. The largest absolute Gasteiger partial charge is 0.508 e. The molecule has 46 heavy (non-hydrogen) atoms. The summed E-state index contributed by atoms with van der Waals surface area (Å²) in [5, 5.41) is 38.2. The number of nitrogens with zero attached hydrogens (tertiary/aromatic N) is 3. The quantitative estimate of drug-likeness (QED) is 0.0695. The second kappa shape index (κ2) is 18.0. The van der Waals surface area contributed by atoms with Gasteiger partial charge in [0.1, 0.15) is 30.1 Å². The van der Waals surface area contributed by atoms with Gasteiger partial charge in [-0.1, -0.05) is 0 Å². The number of aliphatic carboxylic acids is 3. The van der Waals surface area contributed by atoms with Gasteiger partial charge in [0.15, 0.2) is 5.75 Å². The standard InChI is InChI=1S/C25H33I2N3O14P2/c26-19-9-16(10-20(27)24(19)44-18-3-1-17(31)2-4-18)11-21(25(36)37)30(7-5-28(12-22(32)33)14-45(38,39)40)8-6-29(13-23(34)35)15-46(41,42)43/h1-4,9-10,21,31H,5-8,11-15H2,(H,32,33)(H,34,35)(H,36,37)(H2,38,39,40)(H2,41,42,43)/t21-/m0/s1. The zero-order valence-corrected chi connectivity index (χ0v) is 30.0. The van der Waals surface area contributed by atoms with E-state index in [4.69, 9.17) is 4.74 Å². The Kier molecular flexibility index (Phi) is 15.8. The number of hydrogen-bond donors (Lipinski definition) is 8. The molecule has 0 spiro atoms. The number of hydrogen-bond acceptors (Lipinski definition) is 10. The lowest BCUT2D eigenvalue weighted by atomic mass is 10.0. The fourth-order valence-electron chi connectivity index (χ4n) is 4.32. The molecule has 0 amide bonds. The summed E-state index contributed by atoms with van der Waals surface area (Å²) < 4.78 is 30.4. The van der Waals surface area contributed by atoms with Crippen molar-refractivity contribution in [1.29, 1.82) is 0 Å². The third-order valence-electron chi connectivity index (χ3n) is 6.16. The average molecular weight is 915 g/mol. The summed E-state index contributed by atoms with van der Waals surface area (Å²) in [7, 11) is -9.42. The fourth-order valence-corrected chi connectivity index (χ4v) is 7.96. The highest BCUT2D eigenvalue weighted by atomic mass is 127. The van der Waals surface area contributed by atoms with Gasteiger partial charge in [0.25, 0.3) is 0 Å². The van der Waals surface area contributed by atoms with Crippen LogP contribution in [0.4, 0.5) is 0 Å². The highest BCUT2D eigenvalue weighted by Crippen LogP contribution is 2.36. The SMILES string of the molecule is O=C(O)CN(CCN(CCN(CC(=O)O)CP(=O)(O)O)[C@@H](Cc1cc(I)c(Oc2ccc(O)cc2)c(I)c1)C(=O)O)CP(=O)(O)O. The molecule has 0 radical (unpaired) electrons. The number of ether oxygens (including phenoxy) is 1. The number of carboxylic acids is 3. The number of aromatic hydroxyl groups is 1. The summed E-state index contributed by atoms with van der Waals surface area (Å²) in [6.07, 6.45) is -1.98. The zero-order chi connectivity index (χ0) is 34.8. The first-order valence-corrected chi connectivity index (χ1v) is 18.9. The van der Waals surface area contributed by atoms with E-state index in [1.807, 2.05) is 45.2 Å². The highest BCUT2D eigenvalue weighted by molar-refractivity contribution is 14.1. The van der Waals surface area contributed by atoms with Crippen LogP contribution in [0.5, 0.6) is 17.2 Å². The third kappa shape index (κ3) is 15.3. The number of phenols is 1. The van der Waals surface area contributed by atoms with E-state index >= 15 is 0 Å². The Morgan fingerprint density at radius 1 is 0.761 bits per heavy atom. The minimum atomic E-state index is -4.71. The number of carbonyl (C=O) groups is 3. The van der Waals surface area contributed by atoms with Crippen molar-refractivity contribution in [3.8, 4) is 17.2 Å². The summed E-state index contributed by atoms with van der Waals surface area (Å²) in [5.41, 5.74) is 0.541. The molecule has 256 valence electrons. The minimum Gasteiger partial charge on any atom is -0.508 e. The van der Waals surface area contributed by atoms with Gasteiger partial charge in [-0.05, 0) is 93.6 Å². The van der Waals surface area contributed by atoms with Crippen LogP contribution in [0, 0.1) is 7.14 Å². The molecule has 2 rings (SSSR count). The zero-order valence-electron chi connectivity index (χ0n) is 23.9. The Labute approximate surface area is 290 Å². The Hall–Kier alpha value is -1.91. The Balaban J connectivity index is 2.40. The van der Waals surface area contributed by atoms with Crippen LogP contribution in [0.3, 0.4) is 0 Å². The number of benzene rings is 2. The van der Waals surface area contributed by atoms with Crippen LogP contribution in [0.15, 0.2) is 36.4 Å². The van der Waals surface area contributed by atoms with Crippen molar-refractivity contribution in [3.63, 3.8) is 0 Å². The van der Waals surface area contributed by atoms with E-state index in [2.05, 4.69) is 0 Å². The normalized spacial score (nSPS) is 12.9. The van der Waals surface area contributed by atoms with E-state index in [0.717, 1.165) is 9.80 Å². The van der Waals surface area contributed by atoms with E-state index in [0.29, 0.717) is 24.2 Å². The molecule has 0 saturated carbocycles. The summed E-state index contributed by atoms with van der Waals surface area (Å²) in [6.45, 7) is -2.66. The van der Waals surface area contributed by atoms with Crippen LogP contribution < -0.4 is 4.74 Å². The first-order chi connectivity index (χ1) is 21.2. The molecule has 0 aliphatic rings. The van der Waals surface area contributed by atoms with E-state index in [1.54, 1.807) is 24.3 Å². The predicted octanol–water partition coefficient (Wildman–Crippen LogP) is 1.74. The van der Waals surface area contributed by atoms with Gasteiger partial charge in [-0.15, -0.1) is 0 Å². The van der Waals surface area contributed by atoms with Crippen molar-refractivity contribution in [2.45, 2.75) is 12.5 Å². The first kappa shape index (κ1) is 40.3. The fraction of sp³-hybridized carbons (Fsp3) is 0.400. The molecule has 21 heteroatoms. The molecule has 1 atom stereocenters. The predicted molar refractivity (Wildman–Crippen MR) is 179 cm³/mol. The number of carboxylic acid groups (broad SMARTS) is 3. The Morgan fingerprint density at radius 3 is 1.57 bits per heavy atom. The summed E-state index contributed by atoms with van der Waals surface area (Å²) >= 11 is 4.02. The van der Waals surface area contributed by atoms with E-state index < -0.39 is 64.8 Å². The maximum atomic E-state index is 12.6. The second-order valence-electron chi connectivity index (χ2n) is 10.1. The summed E-state index contributed by atoms with van der Waals surface area (Å²) in [6, 6.07) is 8.05. The molecule has 0 bridgehead atoms. The molecule has 0 aliphatic heterocycles. The number of phenolic OH excluding ortho intramolecular Hbond substituents is 1. The lowest BCUT2D eigenvalue weighted by Crippen LogP contribution is -2.50. The molecule has 2 aromatic carbocycles. The van der Waals surface area contributed by atoms with Crippen LogP contribution in [0.1, 0.15) is 5.56 Å². The van der Waals surface area contributed by atoms with Crippen molar-refractivity contribution < 1.29 is 68.3 Å². The molecule has 0 aromatic heterocycles. The summed E-state index contributed by atoms with van der Waals surface area (Å²) in [4.78, 5) is 76.1. The molecule has 0 aliphatic carbocycles. The molecule has 17 nitrogen and oxygen atoms in total. The van der Waals surface area contributed by atoms with Crippen LogP contribution in [-0.2, 0) is 29.9 Å². The summed E-state index contributed by atoms with van der Waals surface area (Å²) in [5.74, 6) is -3.13. The van der Waals surface area contributed by atoms with Gasteiger partial charge in [-0.3, -0.25) is 38.2 Å². The van der Waals surface area contributed by atoms with Gasteiger partial charge >= 0.3 is 33.1 Å². The van der Waals surface area contributed by atoms with Crippen LogP contribution in [-0.4, -0.2) is 130 Å². The van der Waals surface area contributed by atoms with Crippen molar-refractivity contribution in [3.05, 3.63) is 49.1 Å². The highest BCUT2D eigenvalue weighted by Gasteiger charge is 2.30. The minimum absolute atomic E-state index is 0.0528. The monoisotopic (exact) mass is 915 g/mol. The lowest BCUT2D eigenvalue weighted by Gasteiger charge is -2.33. The Bertz CT molecular complexity index is 1400. The van der Waals surface area contributed by atoms with E-state index in [9.17, 15) is 63.5 Å². The third-order valence-corrected chi connectivity index (χ3v) is 9.30. The van der Waals surface area contributed by atoms with Crippen molar-refractivity contribution in [2.75, 3.05) is 51.8 Å². The molecule has 2 aromatic rings. The average Bonchev–Trinajstić information content (AvgIpc) is 2.88. The first-order valence-electron chi connectivity index (χ1n) is 13.1. The van der Waals surface area contributed by atoms with Crippen molar-refractivity contribution >= 4 is 78.3 Å². The van der Waals surface area contributed by atoms with Crippen LogP contribution >= 0.6 is 60.4 Å². The molecule has 0 fully saturated rings. The van der Waals surface area contributed by atoms with Crippen molar-refractivity contribution in [2.24, 2.45) is 0 Å². The van der Waals surface area contributed by atoms with E-state index in [-0.39, 0.29) is 38.3 Å². The smallest absolute Gasteiger partial charge is 0.339 e. The maximum absolute atomic E-state index is 12.6. The van der Waals surface area contributed by atoms with Gasteiger partial charge in [0.05, 0.1) is 20.2 Å². The lowest BCUT2D eigenvalue weighted by molar-refractivity contribution is -0.144. The van der Waals surface area contributed by atoms with Crippen molar-refractivity contribution in [1.82, 2.24) is 14.7 Å². The molecule has 0 heterocycles. The second-order valence-corrected chi connectivity index (χ2v) is 15.6. The van der Waals surface area contributed by atoms with Crippen LogP contribution in [0.25, 0.3) is 0 Å². The van der Waals surface area contributed by atoms with Crippen LogP contribution in [0.2, 0.25) is 0 Å². The molecule has 8 N–H and O–H groups in total. The van der Waals surface area contributed by atoms with Gasteiger partial charge in [-0.2, -0.15) is 0 Å². The van der Waals surface area contributed by atoms with Gasteiger partial charge in [0, 0.05) is 26.2 Å². The molecular formula is C25H33I2N3O14P2. The molecule has 0 unspecified atom stereocenters.